The van der Waals surface area contributed by atoms with Crippen LogP contribution >= 0.6 is 0 Å². The van der Waals surface area contributed by atoms with Gasteiger partial charge >= 0.3 is 0 Å². The first-order valence-corrected chi connectivity index (χ1v) is 6.39. The fourth-order valence-corrected chi connectivity index (χ4v) is 3.62. The minimum absolute atomic E-state index is 0.350. The van der Waals surface area contributed by atoms with E-state index in [4.69, 9.17) is 0 Å². The van der Waals surface area contributed by atoms with Gasteiger partial charge in [-0.1, -0.05) is 25.2 Å². The quantitative estimate of drug-likeness (QED) is 0.397. The minimum Gasteiger partial charge on any atom is -0.298 e. The van der Waals surface area contributed by atoms with Crippen molar-refractivity contribution in [1.29, 1.82) is 0 Å². The van der Waals surface area contributed by atoms with Crippen molar-refractivity contribution >= 4 is 6.29 Å². The second kappa shape index (κ2) is 4.20. The molecule has 1 nitrogen and oxygen atoms in total. The van der Waals surface area contributed by atoms with Crippen LogP contribution < -0.4 is 0 Å². The summed E-state index contributed by atoms with van der Waals surface area (Å²) in [5.41, 5.74) is 2.70. The van der Waals surface area contributed by atoms with Crippen molar-refractivity contribution in [2.24, 2.45) is 17.3 Å². The van der Waals surface area contributed by atoms with Crippen molar-refractivity contribution in [3.63, 3.8) is 0 Å². The molecule has 2 aliphatic carbocycles. The highest BCUT2D eigenvalue weighted by molar-refractivity contribution is 5.71. The standard InChI is InChI=1S/C15H22O/c1-11(10-16)5-4-8-15(3)12(2)13-6-7-14(15)9-13/h5,10,13-14H,2,4,6-9H2,1,3H3/b11-5-/t13-,14+,15+/m0/s1. The van der Waals surface area contributed by atoms with Crippen LogP contribution in [0.25, 0.3) is 0 Å². The van der Waals surface area contributed by atoms with Crippen molar-refractivity contribution in [2.75, 3.05) is 0 Å². The van der Waals surface area contributed by atoms with Gasteiger partial charge in [0.2, 0.25) is 0 Å². The molecule has 0 aromatic heterocycles. The van der Waals surface area contributed by atoms with E-state index in [1.54, 1.807) is 0 Å². The number of hydrogen-bond acceptors (Lipinski definition) is 1. The molecule has 0 aromatic rings. The summed E-state index contributed by atoms with van der Waals surface area (Å²) in [5.74, 6) is 1.65. The first kappa shape index (κ1) is 11.6. The van der Waals surface area contributed by atoms with E-state index in [2.05, 4.69) is 19.6 Å². The summed E-state index contributed by atoms with van der Waals surface area (Å²) < 4.78 is 0. The predicted octanol–water partition coefficient (Wildman–Crippen LogP) is 3.90. The summed E-state index contributed by atoms with van der Waals surface area (Å²) in [6.45, 7) is 8.58. The molecular weight excluding hydrogens is 196 g/mol. The lowest BCUT2D eigenvalue weighted by Gasteiger charge is -2.36. The Hall–Kier alpha value is -0.850. The van der Waals surface area contributed by atoms with Crippen LogP contribution in [0.15, 0.2) is 23.8 Å². The Morgan fingerprint density at radius 1 is 1.56 bits per heavy atom. The van der Waals surface area contributed by atoms with Crippen molar-refractivity contribution < 1.29 is 4.79 Å². The van der Waals surface area contributed by atoms with Crippen LogP contribution in [0, 0.1) is 17.3 Å². The number of rotatable bonds is 4. The molecule has 2 aliphatic rings. The van der Waals surface area contributed by atoms with Gasteiger partial charge in [0.25, 0.3) is 0 Å². The van der Waals surface area contributed by atoms with Crippen molar-refractivity contribution in [3.8, 4) is 0 Å². The number of carbonyl (C=O) groups excluding carboxylic acids is 1. The second-order valence-corrected chi connectivity index (χ2v) is 5.75. The van der Waals surface area contributed by atoms with Gasteiger partial charge in [0.1, 0.15) is 6.29 Å². The Kier molecular flexibility index (Phi) is 3.05. The molecule has 88 valence electrons. The summed E-state index contributed by atoms with van der Waals surface area (Å²) in [7, 11) is 0. The van der Waals surface area contributed by atoms with Gasteiger partial charge in [-0.3, -0.25) is 4.79 Å². The highest BCUT2D eigenvalue weighted by atomic mass is 16.1. The molecule has 0 aromatic carbocycles. The molecule has 2 fully saturated rings. The third kappa shape index (κ3) is 1.77. The average molecular weight is 218 g/mol. The van der Waals surface area contributed by atoms with E-state index in [1.165, 1.54) is 24.8 Å². The van der Waals surface area contributed by atoms with E-state index >= 15 is 0 Å². The van der Waals surface area contributed by atoms with Crippen molar-refractivity contribution in [2.45, 2.75) is 46.0 Å². The zero-order valence-corrected chi connectivity index (χ0v) is 10.5. The Balaban J connectivity index is 1.99. The SMILES string of the molecule is C=C1[C@H]2CC[C@H](C2)[C@]1(C)CC/C=C(/C)C=O. The third-order valence-electron chi connectivity index (χ3n) is 4.88. The fourth-order valence-electron chi connectivity index (χ4n) is 3.62. The summed E-state index contributed by atoms with van der Waals surface area (Å²) in [4.78, 5) is 10.5. The van der Waals surface area contributed by atoms with Gasteiger partial charge in [0.15, 0.2) is 0 Å². The van der Waals surface area contributed by atoms with Crippen LogP contribution in [0.3, 0.4) is 0 Å². The summed E-state index contributed by atoms with van der Waals surface area (Å²) in [5, 5.41) is 0. The summed E-state index contributed by atoms with van der Waals surface area (Å²) in [6.07, 6.45) is 9.31. The molecule has 0 spiro atoms. The molecule has 2 rings (SSSR count). The Bertz CT molecular complexity index is 339. The first-order chi connectivity index (χ1) is 7.58. The molecule has 2 bridgehead atoms. The summed E-state index contributed by atoms with van der Waals surface area (Å²) >= 11 is 0. The number of hydrogen-bond donors (Lipinski definition) is 0. The number of aldehydes is 1. The monoisotopic (exact) mass is 218 g/mol. The maximum absolute atomic E-state index is 10.5. The van der Waals surface area contributed by atoms with E-state index in [-0.39, 0.29) is 0 Å². The normalized spacial score (nSPS) is 38.1. The highest BCUT2D eigenvalue weighted by Gasteiger charge is 2.49. The third-order valence-corrected chi connectivity index (χ3v) is 4.88. The van der Waals surface area contributed by atoms with E-state index in [9.17, 15) is 4.79 Å². The van der Waals surface area contributed by atoms with Crippen molar-refractivity contribution in [1.82, 2.24) is 0 Å². The first-order valence-electron chi connectivity index (χ1n) is 6.39. The van der Waals surface area contributed by atoms with Gasteiger partial charge in [-0.15, -0.1) is 0 Å². The molecule has 0 aliphatic heterocycles. The highest BCUT2D eigenvalue weighted by Crippen LogP contribution is 2.60. The van der Waals surface area contributed by atoms with Crippen LogP contribution in [0.2, 0.25) is 0 Å². The molecule has 0 unspecified atom stereocenters. The fraction of sp³-hybridized carbons (Fsp3) is 0.667. The van der Waals surface area contributed by atoms with Gasteiger partial charge in [-0.05, 0) is 61.9 Å². The maximum atomic E-state index is 10.5. The Morgan fingerprint density at radius 3 is 2.88 bits per heavy atom. The zero-order valence-electron chi connectivity index (χ0n) is 10.5. The Morgan fingerprint density at radius 2 is 2.31 bits per heavy atom. The van der Waals surface area contributed by atoms with E-state index in [0.29, 0.717) is 5.41 Å². The van der Waals surface area contributed by atoms with E-state index in [0.717, 1.165) is 36.5 Å². The minimum atomic E-state index is 0.350. The van der Waals surface area contributed by atoms with Gasteiger partial charge < -0.3 is 0 Å². The van der Waals surface area contributed by atoms with Gasteiger partial charge in [-0.25, -0.2) is 0 Å². The van der Waals surface area contributed by atoms with E-state index in [1.807, 2.05) is 6.92 Å². The van der Waals surface area contributed by atoms with Crippen LogP contribution in [-0.2, 0) is 4.79 Å². The molecule has 2 saturated carbocycles. The molecule has 0 saturated heterocycles. The number of carbonyl (C=O) groups is 1. The predicted molar refractivity (Wildman–Crippen MR) is 67.1 cm³/mol. The number of allylic oxidation sites excluding steroid dienone is 3. The molecule has 0 N–H and O–H groups in total. The van der Waals surface area contributed by atoms with Gasteiger partial charge in [-0.2, -0.15) is 0 Å². The smallest absolute Gasteiger partial charge is 0.145 e. The largest absolute Gasteiger partial charge is 0.298 e. The zero-order chi connectivity index (χ0) is 11.8. The number of fused-ring (bicyclic) bond motifs is 2. The molecule has 16 heavy (non-hydrogen) atoms. The average Bonchev–Trinajstić information content (AvgIpc) is 2.83. The van der Waals surface area contributed by atoms with Crippen LogP contribution in [0.1, 0.15) is 46.0 Å². The van der Waals surface area contributed by atoms with E-state index < -0.39 is 0 Å². The summed E-state index contributed by atoms with van der Waals surface area (Å²) in [6, 6.07) is 0. The topological polar surface area (TPSA) is 17.1 Å². The molecular formula is C15H22O. The molecule has 1 heteroatoms. The van der Waals surface area contributed by atoms with Gasteiger partial charge in [0, 0.05) is 0 Å². The van der Waals surface area contributed by atoms with Gasteiger partial charge in [0.05, 0.1) is 0 Å². The second-order valence-electron chi connectivity index (χ2n) is 5.75. The molecule has 0 amide bonds. The van der Waals surface area contributed by atoms with Crippen LogP contribution in [-0.4, -0.2) is 6.29 Å². The lowest BCUT2D eigenvalue weighted by molar-refractivity contribution is -0.104. The molecule has 0 radical (unpaired) electrons. The van der Waals surface area contributed by atoms with Crippen molar-refractivity contribution in [3.05, 3.63) is 23.8 Å². The Labute approximate surface area is 98.6 Å². The maximum Gasteiger partial charge on any atom is 0.145 e. The molecule has 0 heterocycles. The molecule has 3 atom stereocenters. The lowest BCUT2D eigenvalue weighted by atomic mass is 9.69. The van der Waals surface area contributed by atoms with Crippen LogP contribution in [0.4, 0.5) is 0 Å². The van der Waals surface area contributed by atoms with Crippen LogP contribution in [0.5, 0.6) is 0 Å². The lowest BCUT2D eigenvalue weighted by Crippen LogP contribution is -2.26.